The number of carboxylic acids is 1. The van der Waals surface area contributed by atoms with Gasteiger partial charge in [-0.15, -0.1) is 12.4 Å². The Balaban J connectivity index is 0. The van der Waals surface area contributed by atoms with Gasteiger partial charge in [-0.3, -0.25) is 4.79 Å². The minimum absolute atomic E-state index is 0. The smallest absolute Gasteiger partial charge is 0.303 e. The van der Waals surface area contributed by atoms with Gasteiger partial charge in [0.2, 0.25) is 0 Å². The van der Waals surface area contributed by atoms with Crippen molar-refractivity contribution >= 4 is 24.7 Å². The number of aliphatic carboxylic acids is 1. The van der Waals surface area contributed by atoms with E-state index in [0.717, 1.165) is 12.7 Å². The van der Waals surface area contributed by atoms with Crippen LogP contribution in [0.25, 0.3) is 0 Å². The average molecular weight is 210 g/mol. The third-order valence-electron chi connectivity index (χ3n) is 1.77. The minimum atomic E-state index is -0.795. The lowest BCUT2D eigenvalue weighted by molar-refractivity contribution is -0.137. The van der Waals surface area contributed by atoms with Crippen LogP contribution >= 0.6 is 12.4 Å². The van der Waals surface area contributed by atoms with E-state index in [1.807, 2.05) is 0 Å². The molecule has 1 atom stereocenters. The molecule has 0 rings (SSSR count). The van der Waals surface area contributed by atoms with E-state index in [2.05, 4.69) is 0 Å². The number of hydrogen-bond acceptors (Lipinski definition) is 3. The van der Waals surface area contributed by atoms with E-state index in [0.29, 0.717) is 19.4 Å². The summed E-state index contributed by atoms with van der Waals surface area (Å²) in [6.45, 7) is 0.457. The highest BCUT2D eigenvalue weighted by Crippen LogP contribution is 2.09. The van der Waals surface area contributed by atoms with Crippen LogP contribution < -0.4 is 5.73 Å². The SMILES string of the molecule is Cl.NCC(CC=O)CCCC(=O)O. The van der Waals surface area contributed by atoms with Crippen LogP contribution in [0.5, 0.6) is 0 Å². The molecule has 0 aliphatic rings. The first-order chi connectivity index (χ1) is 5.70. The van der Waals surface area contributed by atoms with E-state index >= 15 is 0 Å². The Morgan fingerprint density at radius 3 is 2.54 bits per heavy atom. The Morgan fingerprint density at radius 1 is 1.54 bits per heavy atom. The van der Waals surface area contributed by atoms with E-state index in [-0.39, 0.29) is 24.7 Å². The number of carbonyl (C=O) groups excluding carboxylic acids is 1. The topological polar surface area (TPSA) is 80.4 Å². The molecule has 0 bridgehead atoms. The van der Waals surface area contributed by atoms with Crippen molar-refractivity contribution in [3.8, 4) is 0 Å². The molecule has 0 aliphatic carbocycles. The molecule has 0 saturated carbocycles. The number of aldehydes is 1. The zero-order valence-corrected chi connectivity index (χ0v) is 8.26. The van der Waals surface area contributed by atoms with Crippen molar-refractivity contribution in [3.63, 3.8) is 0 Å². The first kappa shape index (κ1) is 14.9. The first-order valence-electron chi connectivity index (χ1n) is 4.06. The second kappa shape index (κ2) is 9.48. The highest BCUT2D eigenvalue weighted by Gasteiger charge is 2.06. The molecule has 0 aromatic carbocycles. The van der Waals surface area contributed by atoms with Gasteiger partial charge in [0.25, 0.3) is 0 Å². The first-order valence-corrected chi connectivity index (χ1v) is 4.06. The summed E-state index contributed by atoms with van der Waals surface area (Å²) in [4.78, 5) is 20.2. The van der Waals surface area contributed by atoms with Crippen molar-refractivity contribution in [1.29, 1.82) is 0 Å². The van der Waals surface area contributed by atoms with E-state index < -0.39 is 5.97 Å². The number of nitrogens with two attached hydrogens (primary N) is 1. The summed E-state index contributed by atoms with van der Waals surface area (Å²) in [5, 5.41) is 8.33. The Morgan fingerprint density at radius 2 is 2.15 bits per heavy atom. The van der Waals surface area contributed by atoms with Crippen LogP contribution in [0.15, 0.2) is 0 Å². The number of carboxylic acid groups (broad SMARTS) is 1. The lowest BCUT2D eigenvalue weighted by Gasteiger charge is -2.09. The van der Waals surface area contributed by atoms with E-state index in [1.54, 1.807) is 0 Å². The van der Waals surface area contributed by atoms with E-state index in [1.165, 1.54) is 0 Å². The Bertz CT molecular complexity index is 152. The molecule has 4 nitrogen and oxygen atoms in total. The highest BCUT2D eigenvalue weighted by molar-refractivity contribution is 5.85. The molecule has 5 heteroatoms. The maximum absolute atomic E-state index is 10.1. The lowest BCUT2D eigenvalue weighted by Crippen LogP contribution is -2.15. The second-order valence-corrected chi connectivity index (χ2v) is 2.79. The normalized spacial score (nSPS) is 11.5. The molecule has 0 amide bonds. The van der Waals surface area contributed by atoms with Crippen LogP contribution in [0.3, 0.4) is 0 Å². The van der Waals surface area contributed by atoms with Crippen LogP contribution in [0.1, 0.15) is 25.7 Å². The number of carbonyl (C=O) groups is 2. The summed E-state index contributed by atoms with van der Waals surface area (Å²) in [6.07, 6.45) is 2.76. The summed E-state index contributed by atoms with van der Waals surface area (Å²) in [5.74, 6) is -0.640. The number of rotatable bonds is 7. The van der Waals surface area contributed by atoms with Gasteiger partial charge in [-0.05, 0) is 25.3 Å². The molecule has 0 aliphatic heterocycles. The monoisotopic (exact) mass is 209 g/mol. The molecular weight excluding hydrogens is 194 g/mol. The minimum Gasteiger partial charge on any atom is -0.481 e. The van der Waals surface area contributed by atoms with Crippen LogP contribution in [0.4, 0.5) is 0 Å². The van der Waals surface area contributed by atoms with Crippen LogP contribution in [-0.2, 0) is 9.59 Å². The molecule has 0 aromatic rings. The molecule has 3 N–H and O–H groups in total. The van der Waals surface area contributed by atoms with Crippen LogP contribution in [-0.4, -0.2) is 23.9 Å². The van der Waals surface area contributed by atoms with Crippen molar-refractivity contribution in [2.75, 3.05) is 6.54 Å². The zero-order chi connectivity index (χ0) is 9.40. The fourth-order valence-corrected chi connectivity index (χ4v) is 1.01. The largest absolute Gasteiger partial charge is 0.481 e. The standard InChI is InChI=1S/C8H15NO3.ClH/c9-6-7(4-5-10)2-1-3-8(11)12;/h5,7H,1-4,6,9H2,(H,11,12);1H. The number of halogens is 1. The van der Waals surface area contributed by atoms with Gasteiger partial charge in [0.15, 0.2) is 0 Å². The molecule has 0 heterocycles. The number of hydrogen-bond donors (Lipinski definition) is 2. The average Bonchev–Trinajstić information content (AvgIpc) is 2.02. The van der Waals surface area contributed by atoms with E-state index in [4.69, 9.17) is 10.8 Å². The van der Waals surface area contributed by atoms with Gasteiger partial charge in [-0.25, -0.2) is 0 Å². The van der Waals surface area contributed by atoms with Crippen molar-refractivity contribution < 1.29 is 14.7 Å². The summed E-state index contributed by atoms with van der Waals surface area (Å²) in [5.41, 5.74) is 5.37. The fraction of sp³-hybridized carbons (Fsp3) is 0.750. The molecule has 0 saturated heterocycles. The Labute approximate surface area is 83.9 Å². The molecule has 0 spiro atoms. The van der Waals surface area contributed by atoms with Gasteiger partial charge >= 0.3 is 5.97 Å². The summed E-state index contributed by atoms with van der Waals surface area (Å²) >= 11 is 0. The summed E-state index contributed by atoms with van der Waals surface area (Å²) in [6, 6.07) is 0. The molecule has 0 aromatic heterocycles. The maximum Gasteiger partial charge on any atom is 0.303 e. The van der Waals surface area contributed by atoms with Crippen LogP contribution in [0, 0.1) is 5.92 Å². The van der Waals surface area contributed by atoms with Crippen molar-refractivity contribution in [2.24, 2.45) is 11.7 Å². The summed E-state index contributed by atoms with van der Waals surface area (Å²) < 4.78 is 0. The Hall–Kier alpha value is -0.610. The predicted octanol–water partition coefficient (Wildman–Crippen LogP) is 0.827. The molecule has 78 valence electrons. The molecular formula is C8H16ClNO3. The quantitative estimate of drug-likeness (QED) is 0.609. The highest BCUT2D eigenvalue weighted by atomic mass is 35.5. The van der Waals surface area contributed by atoms with Gasteiger partial charge in [0.05, 0.1) is 0 Å². The van der Waals surface area contributed by atoms with Gasteiger partial charge in [-0.1, -0.05) is 0 Å². The zero-order valence-electron chi connectivity index (χ0n) is 7.44. The predicted molar refractivity (Wildman–Crippen MR) is 52.0 cm³/mol. The van der Waals surface area contributed by atoms with Crippen LogP contribution in [0.2, 0.25) is 0 Å². The molecule has 13 heavy (non-hydrogen) atoms. The summed E-state index contributed by atoms with van der Waals surface area (Å²) in [7, 11) is 0. The second-order valence-electron chi connectivity index (χ2n) is 2.79. The third kappa shape index (κ3) is 9.30. The lowest BCUT2D eigenvalue weighted by atomic mass is 9.99. The van der Waals surface area contributed by atoms with Crippen molar-refractivity contribution in [1.82, 2.24) is 0 Å². The van der Waals surface area contributed by atoms with Gasteiger partial charge in [0.1, 0.15) is 6.29 Å². The van der Waals surface area contributed by atoms with Gasteiger partial charge < -0.3 is 15.6 Å². The van der Waals surface area contributed by atoms with E-state index in [9.17, 15) is 9.59 Å². The van der Waals surface area contributed by atoms with Gasteiger partial charge in [0, 0.05) is 12.8 Å². The van der Waals surface area contributed by atoms with Gasteiger partial charge in [-0.2, -0.15) is 0 Å². The Kier molecular flexibility index (Phi) is 10.9. The maximum atomic E-state index is 10.1. The molecule has 1 unspecified atom stereocenters. The van der Waals surface area contributed by atoms with Crippen molar-refractivity contribution in [3.05, 3.63) is 0 Å². The molecule has 0 radical (unpaired) electrons. The van der Waals surface area contributed by atoms with Crippen molar-refractivity contribution in [2.45, 2.75) is 25.7 Å². The molecule has 0 fully saturated rings. The fourth-order valence-electron chi connectivity index (χ4n) is 1.01. The third-order valence-corrected chi connectivity index (χ3v) is 1.77.